The van der Waals surface area contributed by atoms with E-state index in [1.165, 1.54) is 18.5 Å². The molecule has 0 aliphatic carbocycles. The summed E-state index contributed by atoms with van der Waals surface area (Å²) in [6.07, 6.45) is 2.75. The van der Waals surface area contributed by atoms with Gasteiger partial charge >= 0.3 is 5.97 Å². The summed E-state index contributed by atoms with van der Waals surface area (Å²) in [4.78, 5) is 14.3. The molecule has 0 atom stereocenters. The molecule has 0 saturated carbocycles. The van der Waals surface area contributed by atoms with Crippen molar-refractivity contribution in [2.24, 2.45) is 0 Å². The molecule has 0 saturated heterocycles. The van der Waals surface area contributed by atoms with Crippen molar-refractivity contribution in [2.75, 3.05) is 0 Å². The van der Waals surface area contributed by atoms with E-state index in [4.69, 9.17) is 9.52 Å². The number of nitrogens with zero attached hydrogens (tertiary/aromatic N) is 1. The van der Waals surface area contributed by atoms with Gasteiger partial charge in [0, 0.05) is 11.6 Å². The third-order valence-corrected chi connectivity index (χ3v) is 1.55. The van der Waals surface area contributed by atoms with Crippen LogP contribution in [0.15, 0.2) is 29.0 Å². The Balaban J connectivity index is 2.68. The average Bonchev–Trinajstić information content (AvgIpc) is 2.49. The quantitative estimate of drug-likeness (QED) is 0.692. The van der Waals surface area contributed by atoms with Crippen LogP contribution in [0.2, 0.25) is 0 Å². The highest BCUT2D eigenvalue weighted by Crippen LogP contribution is 2.13. The Labute approximate surface area is 67.4 Å². The van der Waals surface area contributed by atoms with Crippen LogP contribution in [0, 0.1) is 0 Å². The smallest absolute Gasteiger partial charge is 0.337 e. The van der Waals surface area contributed by atoms with E-state index in [-0.39, 0.29) is 5.56 Å². The third-order valence-electron chi connectivity index (χ3n) is 1.55. The molecule has 0 fully saturated rings. The molecular formula is C8H5NO3. The van der Waals surface area contributed by atoms with E-state index in [9.17, 15) is 4.79 Å². The minimum atomic E-state index is -0.981. The molecule has 0 aliphatic heterocycles. The van der Waals surface area contributed by atoms with E-state index in [0.29, 0.717) is 11.1 Å². The van der Waals surface area contributed by atoms with Gasteiger partial charge < -0.3 is 9.52 Å². The van der Waals surface area contributed by atoms with Gasteiger partial charge in [-0.25, -0.2) is 9.78 Å². The topological polar surface area (TPSA) is 63.3 Å². The lowest BCUT2D eigenvalue weighted by Crippen LogP contribution is -1.95. The number of rotatable bonds is 1. The Morgan fingerprint density at radius 1 is 1.58 bits per heavy atom. The molecule has 0 unspecified atom stereocenters. The molecule has 2 heterocycles. The maximum Gasteiger partial charge on any atom is 0.337 e. The molecule has 1 N–H and O–H groups in total. The predicted molar refractivity (Wildman–Crippen MR) is 41.0 cm³/mol. The molecule has 4 nitrogen and oxygen atoms in total. The number of furan rings is 1. The highest BCUT2D eigenvalue weighted by Gasteiger charge is 2.05. The lowest BCUT2D eigenvalue weighted by Gasteiger charge is -1.91. The molecule has 0 spiro atoms. The fourth-order valence-corrected chi connectivity index (χ4v) is 0.976. The van der Waals surface area contributed by atoms with Crippen LogP contribution in [-0.4, -0.2) is 16.1 Å². The van der Waals surface area contributed by atoms with Crippen molar-refractivity contribution in [2.45, 2.75) is 0 Å². The largest absolute Gasteiger partial charge is 0.478 e. The second kappa shape index (κ2) is 2.34. The number of fused-ring (bicyclic) bond motifs is 1. The van der Waals surface area contributed by atoms with Crippen molar-refractivity contribution in [1.29, 1.82) is 0 Å². The lowest BCUT2D eigenvalue weighted by atomic mass is 10.2. The number of pyridine rings is 1. The van der Waals surface area contributed by atoms with Crippen LogP contribution in [0.25, 0.3) is 11.1 Å². The first-order chi connectivity index (χ1) is 5.77. The number of hydrogen-bond acceptors (Lipinski definition) is 3. The molecule has 2 aromatic rings. The maximum absolute atomic E-state index is 10.5. The first-order valence-electron chi connectivity index (χ1n) is 3.34. The molecule has 12 heavy (non-hydrogen) atoms. The van der Waals surface area contributed by atoms with E-state index < -0.39 is 5.97 Å². The lowest BCUT2D eigenvalue weighted by molar-refractivity contribution is 0.0696. The zero-order chi connectivity index (χ0) is 8.55. The van der Waals surface area contributed by atoms with Crippen LogP contribution in [0.5, 0.6) is 0 Å². The molecule has 2 rings (SSSR count). The number of aromatic carboxylic acids is 1. The van der Waals surface area contributed by atoms with E-state index in [2.05, 4.69) is 4.98 Å². The second-order valence-corrected chi connectivity index (χ2v) is 2.34. The number of carboxylic acid groups (broad SMARTS) is 1. The van der Waals surface area contributed by atoms with E-state index in [1.54, 1.807) is 6.07 Å². The number of aromatic nitrogens is 1. The van der Waals surface area contributed by atoms with Gasteiger partial charge in [0.25, 0.3) is 0 Å². The summed E-state index contributed by atoms with van der Waals surface area (Å²) >= 11 is 0. The molecule has 0 amide bonds. The van der Waals surface area contributed by atoms with Crippen LogP contribution in [0.3, 0.4) is 0 Å². The molecule has 0 aromatic carbocycles. The normalized spacial score (nSPS) is 10.3. The van der Waals surface area contributed by atoms with Crippen LogP contribution in [0.1, 0.15) is 10.4 Å². The van der Waals surface area contributed by atoms with Crippen LogP contribution < -0.4 is 0 Å². The summed E-state index contributed by atoms with van der Waals surface area (Å²) in [6.45, 7) is 0. The molecule has 4 heteroatoms. The zero-order valence-electron chi connectivity index (χ0n) is 6.02. The number of carbonyl (C=O) groups is 1. The molecule has 0 radical (unpaired) electrons. The molecule has 0 aliphatic rings. The van der Waals surface area contributed by atoms with Crippen molar-refractivity contribution in [3.8, 4) is 0 Å². The number of carboxylic acids is 1. The Morgan fingerprint density at radius 2 is 2.42 bits per heavy atom. The minimum Gasteiger partial charge on any atom is -0.478 e. The minimum absolute atomic E-state index is 0.170. The van der Waals surface area contributed by atoms with Gasteiger partial charge in [-0.15, -0.1) is 0 Å². The van der Waals surface area contributed by atoms with Crippen molar-refractivity contribution >= 4 is 17.1 Å². The average molecular weight is 163 g/mol. The van der Waals surface area contributed by atoms with Crippen molar-refractivity contribution in [1.82, 2.24) is 4.98 Å². The fraction of sp³-hybridized carbons (Fsp3) is 0. The Morgan fingerprint density at radius 3 is 3.17 bits per heavy atom. The molecule has 0 bridgehead atoms. The Kier molecular flexibility index (Phi) is 1.33. The SMILES string of the molecule is O=C(O)c1cnc2occc2c1. The van der Waals surface area contributed by atoms with Crippen molar-refractivity contribution in [3.63, 3.8) is 0 Å². The maximum atomic E-state index is 10.5. The fourth-order valence-electron chi connectivity index (χ4n) is 0.976. The molecule has 60 valence electrons. The van der Waals surface area contributed by atoms with Gasteiger partial charge in [0.1, 0.15) is 0 Å². The predicted octanol–water partition coefficient (Wildman–Crippen LogP) is 1.53. The van der Waals surface area contributed by atoms with Crippen molar-refractivity contribution < 1.29 is 14.3 Å². The zero-order valence-corrected chi connectivity index (χ0v) is 6.02. The summed E-state index contributed by atoms with van der Waals surface area (Å²) in [5.74, 6) is -0.981. The molecule has 2 aromatic heterocycles. The third kappa shape index (κ3) is 0.934. The van der Waals surface area contributed by atoms with Gasteiger partial charge in [-0.05, 0) is 12.1 Å². The summed E-state index contributed by atoms with van der Waals surface area (Å²) in [7, 11) is 0. The van der Waals surface area contributed by atoms with Gasteiger partial charge in [-0.3, -0.25) is 0 Å². The first-order valence-corrected chi connectivity index (χ1v) is 3.34. The highest BCUT2D eigenvalue weighted by atomic mass is 16.4. The van der Waals surface area contributed by atoms with Crippen LogP contribution in [-0.2, 0) is 0 Å². The Bertz CT molecular complexity index is 433. The highest BCUT2D eigenvalue weighted by molar-refractivity contribution is 5.91. The summed E-state index contributed by atoms with van der Waals surface area (Å²) in [6, 6.07) is 3.20. The molecular weight excluding hydrogens is 158 g/mol. The summed E-state index contributed by atoms with van der Waals surface area (Å²) in [5.41, 5.74) is 0.629. The monoisotopic (exact) mass is 163 g/mol. The summed E-state index contributed by atoms with van der Waals surface area (Å²) < 4.78 is 4.95. The van der Waals surface area contributed by atoms with Gasteiger partial charge in [-0.2, -0.15) is 0 Å². The van der Waals surface area contributed by atoms with E-state index in [0.717, 1.165) is 0 Å². The standard InChI is InChI=1S/C8H5NO3/c10-8(11)6-3-5-1-2-12-7(5)9-4-6/h1-4H,(H,10,11). The Hall–Kier alpha value is -1.84. The second-order valence-electron chi connectivity index (χ2n) is 2.34. The van der Waals surface area contributed by atoms with E-state index >= 15 is 0 Å². The van der Waals surface area contributed by atoms with Gasteiger partial charge in [-0.1, -0.05) is 0 Å². The summed E-state index contributed by atoms with van der Waals surface area (Å²) in [5, 5.41) is 9.31. The van der Waals surface area contributed by atoms with Gasteiger partial charge in [0.2, 0.25) is 5.71 Å². The van der Waals surface area contributed by atoms with E-state index in [1.807, 2.05) is 0 Å². The van der Waals surface area contributed by atoms with Crippen LogP contribution in [0.4, 0.5) is 0 Å². The van der Waals surface area contributed by atoms with Crippen molar-refractivity contribution in [3.05, 3.63) is 30.2 Å². The van der Waals surface area contributed by atoms with Gasteiger partial charge in [0.05, 0.1) is 11.8 Å². The van der Waals surface area contributed by atoms with Gasteiger partial charge in [0.15, 0.2) is 0 Å². The first kappa shape index (κ1) is 6.84. The number of hydrogen-bond donors (Lipinski definition) is 1. The van der Waals surface area contributed by atoms with Crippen LogP contribution >= 0.6 is 0 Å².